The summed E-state index contributed by atoms with van der Waals surface area (Å²) in [5.41, 5.74) is 2.96. The van der Waals surface area contributed by atoms with Gasteiger partial charge in [0.25, 0.3) is 5.91 Å². The first-order valence-electron chi connectivity index (χ1n) is 10.3. The van der Waals surface area contributed by atoms with Crippen LogP contribution in [-0.4, -0.2) is 57.1 Å². The summed E-state index contributed by atoms with van der Waals surface area (Å²) in [5.74, 6) is -0.0472. The van der Waals surface area contributed by atoms with E-state index in [1.807, 2.05) is 6.07 Å². The highest BCUT2D eigenvalue weighted by atomic mass is 16.3. The van der Waals surface area contributed by atoms with E-state index in [4.69, 9.17) is 9.68 Å². The van der Waals surface area contributed by atoms with Crippen LogP contribution in [0.15, 0.2) is 34.7 Å². The Morgan fingerprint density at radius 2 is 1.76 bits per heavy atom. The highest BCUT2D eigenvalue weighted by molar-refractivity contribution is 6.04. The summed E-state index contributed by atoms with van der Waals surface area (Å²) < 4.78 is 5.31. The first kappa shape index (κ1) is 19.3. The van der Waals surface area contributed by atoms with Crippen LogP contribution < -0.4 is 15.1 Å². The Labute approximate surface area is 171 Å². The van der Waals surface area contributed by atoms with E-state index in [0.29, 0.717) is 0 Å². The van der Waals surface area contributed by atoms with Gasteiger partial charge in [-0.2, -0.15) is 5.26 Å². The van der Waals surface area contributed by atoms with Gasteiger partial charge in [-0.1, -0.05) is 0 Å². The van der Waals surface area contributed by atoms with Crippen molar-refractivity contribution in [1.82, 2.24) is 4.90 Å². The number of hydrogen-bond acceptors (Lipinski definition) is 6. The van der Waals surface area contributed by atoms with Crippen molar-refractivity contribution >= 4 is 23.0 Å². The second-order valence-corrected chi connectivity index (χ2v) is 7.77. The molecule has 1 aromatic carbocycles. The van der Waals surface area contributed by atoms with Crippen molar-refractivity contribution in [2.75, 3.05) is 61.4 Å². The summed E-state index contributed by atoms with van der Waals surface area (Å²) in [6.45, 7) is 5.98. The SMILES string of the molecule is CN1CCN(c2ccc(N3CCCCC3)c(NC(=O)c3ccc(C#N)o3)c2)CC1. The number of carbonyl (C=O) groups excluding carboxylic acids is 1. The van der Waals surface area contributed by atoms with Gasteiger partial charge in [0.15, 0.2) is 5.76 Å². The standard InChI is InChI=1S/C22H27N5O2/c1-25-11-13-26(14-12-25)17-5-7-20(27-9-3-2-4-10-27)19(15-17)24-22(28)21-8-6-18(16-23)29-21/h5-8,15H,2-4,9-14H2,1H3,(H,24,28). The van der Waals surface area contributed by atoms with Gasteiger partial charge >= 0.3 is 0 Å². The van der Waals surface area contributed by atoms with Crippen molar-refractivity contribution in [2.45, 2.75) is 19.3 Å². The first-order chi connectivity index (χ1) is 14.1. The maximum Gasteiger partial charge on any atom is 0.291 e. The number of rotatable bonds is 4. The monoisotopic (exact) mass is 393 g/mol. The molecule has 7 nitrogen and oxygen atoms in total. The third-order valence-electron chi connectivity index (χ3n) is 5.73. The summed E-state index contributed by atoms with van der Waals surface area (Å²) in [4.78, 5) is 19.8. The van der Waals surface area contributed by atoms with Crippen LogP contribution in [0.3, 0.4) is 0 Å². The van der Waals surface area contributed by atoms with E-state index in [1.54, 1.807) is 6.07 Å². The molecule has 0 saturated carbocycles. The van der Waals surface area contributed by atoms with Crippen molar-refractivity contribution < 1.29 is 9.21 Å². The molecule has 152 valence electrons. The van der Waals surface area contributed by atoms with E-state index in [0.717, 1.165) is 69.2 Å². The maximum absolute atomic E-state index is 12.8. The fraction of sp³-hybridized carbons (Fsp3) is 0.455. The van der Waals surface area contributed by atoms with Gasteiger partial charge in [0, 0.05) is 45.0 Å². The molecule has 0 bridgehead atoms. The number of likely N-dealkylation sites (N-methyl/N-ethyl adjacent to an activating group) is 1. The summed E-state index contributed by atoms with van der Waals surface area (Å²) in [7, 11) is 2.14. The molecule has 2 aliphatic rings. The van der Waals surface area contributed by atoms with E-state index in [2.05, 4.69) is 45.3 Å². The molecule has 3 heterocycles. The van der Waals surface area contributed by atoms with E-state index < -0.39 is 0 Å². The van der Waals surface area contributed by atoms with Crippen LogP contribution in [0.1, 0.15) is 35.6 Å². The molecule has 4 rings (SSSR count). The zero-order chi connectivity index (χ0) is 20.2. The number of anilines is 3. The molecule has 0 radical (unpaired) electrons. The quantitative estimate of drug-likeness (QED) is 0.860. The Kier molecular flexibility index (Phi) is 5.72. The fourth-order valence-corrected chi connectivity index (χ4v) is 4.00. The Morgan fingerprint density at radius 1 is 1.00 bits per heavy atom. The number of nitrogens with one attached hydrogen (secondary N) is 1. The van der Waals surface area contributed by atoms with E-state index in [-0.39, 0.29) is 17.4 Å². The second kappa shape index (κ2) is 8.58. The van der Waals surface area contributed by atoms with Gasteiger partial charge in [0.1, 0.15) is 6.07 Å². The molecule has 1 aromatic heterocycles. The molecule has 29 heavy (non-hydrogen) atoms. The molecule has 7 heteroatoms. The zero-order valence-electron chi connectivity index (χ0n) is 16.9. The summed E-state index contributed by atoms with van der Waals surface area (Å²) in [6.07, 6.45) is 3.58. The highest BCUT2D eigenvalue weighted by Gasteiger charge is 2.21. The number of furan rings is 1. The molecule has 1 amide bonds. The zero-order valence-corrected chi connectivity index (χ0v) is 16.9. The van der Waals surface area contributed by atoms with Crippen LogP contribution >= 0.6 is 0 Å². The molecule has 0 aliphatic carbocycles. The maximum atomic E-state index is 12.8. The van der Waals surface area contributed by atoms with Gasteiger partial charge in [-0.25, -0.2) is 0 Å². The van der Waals surface area contributed by atoms with Crippen molar-refractivity contribution in [3.63, 3.8) is 0 Å². The van der Waals surface area contributed by atoms with Gasteiger partial charge in [0.05, 0.1) is 11.4 Å². The highest BCUT2D eigenvalue weighted by Crippen LogP contribution is 2.33. The van der Waals surface area contributed by atoms with Crippen molar-refractivity contribution in [1.29, 1.82) is 5.26 Å². The number of piperazine rings is 1. The number of hydrogen-bond donors (Lipinski definition) is 1. The van der Waals surface area contributed by atoms with Gasteiger partial charge in [0.2, 0.25) is 5.76 Å². The van der Waals surface area contributed by atoms with E-state index >= 15 is 0 Å². The minimum atomic E-state index is -0.333. The van der Waals surface area contributed by atoms with Gasteiger partial charge in [-0.05, 0) is 56.6 Å². The van der Waals surface area contributed by atoms with E-state index in [9.17, 15) is 4.79 Å². The van der Waals surface area contributed by atoms with Crippen LogP contribution in [0.4, 0.5) is 17.1 Å². The van der Waals surface area contributed by atoms with Gasteiger partial charge < -0.3 is 24.4 Å². The van der Waals surface area contributed by atoms with Crippen molar-refractivity contribution in [3.8, 4) is 6.07 Å². The number of benzene rings is 1. The molecular formula is C22H27N5O2. The fourth-order valence-electron chi connectivity index (χ4n) is 4.00. The number of amides is 1. The number of nitrogens with zero attached hydrogens (tertiary/aromatic N) is 4. The lowest BCUT2D eigenvalue weighted by Crippen LogP contribution is -2.44. The Hall–Kier alpha value is -2.98. The normalized spacial score (nSPS) is 17.8. The summed E-state index contributed by atoms with van der Waals surface area (Å²) >= 11 is 0. The molecule has 2 saturated heterocycles. The van der Waals surface area contributed by atoms with Crippen LogP contribution in [-0.2, 0) is 0 Å². The van der Waals surface area contributed by atoms with E-state index in [1.165, 1.54) is 12.5 Å². The molecule has 0 atom stereocenters. The largest absolute Gasteiger partial charge is 0.440 e. The number of piperidine rings is 1. The lowest BCUT2D eigenvalue weighted by molar-refractivity contribution is 0.0996. The van der Waals surface area contributed by atoms with Crippen LogP contribution in [0.2, 0.25) is 0 Å². The van der Waals surface area contributed by atoms with Crippen molar-refractivity contribution in [2.24, 2.45) is 0 Å². The molecule has 1 N–H and O–H groups in total. The minimum absolute atomic E-state index is 0.137. The summed E-state index contributed by atoms with van der Waals surface area (Å²) in [5, 5.41) is 12.0. The van der Waals surface area contributed by atoms with Crippen LogP contribution in [0.5, 0.6) is 0 Å². The predicted molar refractivity (Wildman–Crippen MR) is 114 cm³/mol. The third kappa shape index (κ3) is 4.38. The molecule has 2 aliphatic heterocycles. The second-order valence-electron chi connectivity index (χ2n) is 7.77. The topological polar surface area (TPSA) is 75.8 Å². The molecule has 0 spiro atoms. The predicted octanol–water partition coefficient (Wildman–Crippen LogP) is 3.15. The Balaban J connectivity index is 1.61. The Morgan fingerprint density at radius 3 is 2.45 bits per heavy atom. The molecule has 0 unspecified atom stereocenters. The molecular weight excluding hydrogens is 366 g/mol. The number of carbonyl (C=O) groups is 1. The lowest BCUT2D eigenvalue weighted by atomic mass is 10.1. The average molecular weight is 393 g/mol. The van der Waals surface area contributed by atoms with Crippen molar-refractivity contribution in [3.05, 3.63) is 41.9 Å². The first-order valence-corrected chi connectivity index (χ1v) is 10.3. The summed E-state index contributed by atoms with van der Waals surface area (Å²) in [6, 6.07) is 11.3. The van der Waals surface area contributed by atoms with Gasteiger partial charge in [-0.3, -0.25) is 4.79 Å². The minimum Gasteiger partial charge on any atom is -0.440 e. The average Bonchev–Trinajstić information content (AvgIpc) is 3.24. The Bertz CT molecular complexity index is 902. The number of nitriles is 1. The smallest absolute Gasteiger partial charge is 0.291 e. The molecule has 2 aromatic rings. The lowest BCUT2D eigenvalue weighted by Gasteiger charge is -2.35. The van der Waals surface area contributed by atoms with Crippen LogP contribution in [0, 0.1) is 11.3 Å². The van der Waals surface area contributed by atoms with Gasteiger partial charge in [-0.15, -0.1) is 0 Å². The molecule has 2 fully saturated rings. The third-order valence-corrected chi connectivity index (χ3v) is 5.73. The van der Waals surface area contributed by atoms with Crippen LogP contribution in [0.25, 0.3) is 0 Å².